The van der Waals surface area contributed by atoms with Gasteiger partial charge in [-0.1, -0.05) is 17.3 Å². The number of aryl methyl sites for hydroxylation is 1. The van der Waals surface area contributed by atoms with E-state index < -0.39 is 0 Å². The molecule has 3 nitrogen and oxygen atoms in total. The summed E-state index contributed by atoms with van der Waals surface area (Å²) in [5.41, 5.74) is 0. The Bertz CT molecular complexity index is 269. The van der Waals surface area contributed by atoms with Gasteiger partial charge < -0.3 is 4.52 Å². The highest BCUT2D eigenvalue weighted by molar-refractivity contribution is 5.06. The molecule has 3 heteroatoms. The molecule has 11 heavy (non-hydrogen) atoms. The molecule has 58 valence electrons. The highest BCUT2D eigenvalue weighted by Crippen LogP contribution is 2.27. The molecule has 0 saturated carbocycles. The van der Waals surface area contributed by atoms with Gasteiger partial charge in [-0.2, -0.15) is 4.98 Å². The van der Waals surface area contributed by atoms with Crippen molar-refractivity contribution in [1.29, 1.82) is 0 Å². The Morgan fingerprint density at radius 3 is 2.73 bits per heavy atom. The number of aromatic nitrogens is 2. The van der Waals surface area contributed by atoms with Crippen molar-refractivity contribution in [2.75, 3.05) is 0 Å². The van der Waals surface area contributed by atoms with Crippen LogP contribution in [0.3, 0.4) is 0 Å². The standard InChI is InChI=1S/C8H10N2O/c1-6-9-8(11-10-6)7-4-2-3-5-7/h2-3,7H,4-5H2,1H3. The topological polar surface area (TPSA) is 38.9 Å². The van der Waals surface area contributed by atoms with Crippen LogP contribution in [0, 0.1) is 6.92 Å². The van der Waals surface area contributed by atoms with Crippen LogP contribution >= 0.6 is 0 Å². The van der Waals surface area contributed by atoms with Crippen molar-refractivity contribution in [1.82, 2.24) is 10.1 Å². The molecule has 0 spiro atoms. The molecule has 1 aliphatic rings. The molecule has 0 fully saturated rings. The van der Waals surface area contributed by atoms with Crippen LogP contribution in [0.1, 0.15) is 30.5 Å². The molecule has 0 saturated heterocycles. The van der Waals surface area contributed by atoms with Crippen LogP contribution in [0.15, 0.2) is 16.7 Å². The monoisotopic (exact) mass is 150 g/mol. The molecule has 0 N–H and O–H groups in total. The van der Waals surface area contributed by atoms with Gasteiger partial charge in [0.15, 0.2) is 5.82 Å². The number of hydrogen-bond acceptors (Lipinski definition) is 3. The van der Waals surface area contributed by atoms with Crippen molar-refractivity contribution in [3.05, 3.63) is 23.9 Å². The van der Waals surface area contributed by atoms with Gasteiger partial charge in [0.05, 0.1) is 0 Å². The van der Waals surface area contributed by atoms with E-state index in [9.17, 15) is 0 Å². The average Bonchev–Trinajstić information content (AvgIpc) is 2.55. The normalized spacial score (nSPS) is 17.9. The van der Waals surface area contributed by atoms with Crippen LogP contribution in [0.2, 0.25) is 0 Å². The zero-order valence-corrected chi connectivity index (χ0v) is 6.45. The number of allylic oxidation sites excluding steroid dienone is 2. The summed E-state index contributed by atoms with van der Waals surface area (Å²) in [5, 5.41) is 3.75. The second-order valence-corrected chi connectivity index (χ2v) is 2.82. The second kappa shape index (κ2) is 2.49. The maximum atomic E-state index is 5.05. The third-order valence-corrected chi connectivity index (χ3v) is 1.90. The third kappa shape index (κ3) is 1.18. The van der Waals surface area contributed by atoms with Crippen LogP contribution in [0.5, 0.6) is 0 Å². The summed E-state index contributed by atoms with van der Waals surface area (Å²) in [6, 6.07) is 0. The lowest BCUT2D eigenvalue weighted by Crippen LogP contribution is -1.92. The Labute approximate surface area is 65.1 Å². The van der Waals surface area contributed by atoms with Gasteiger partial charge in [0, 0.05) is 5.92 Å². The number of nitrogens with zero attached hydrogens (tertiary/aromatic N) is 2. The van der Waals surface area contributed by atoms with Crippen LogP contribution in [0.25, 0.3) is 0 Å². The zero-order valence-electron chi connectivity index (χ0n) is 6.45. The van der Waals surface area contributed by atoms with Crippen molar-refractivity contribution in [3.8, 4) is 0 Å². The number of hydrogen-bond donors (Lipinski definition) is 0. The predicted molar refractivity (Wildman–Crippen MR) is 40.2 cm³/mol. The van der Waals surface area contributed by atoms with E-state index in [0.29, 0.717) is 5.92 Å². The summed E-state index contributed by atoms with van der Waals surface area (Å²) in [6.07, 6.45) is 6.40. The van der Waals surface area contributed by atoms with E-state index in [-0.39, 0.29) is 0 Å². The van der Waals surface area contributed by atoms with Gasteiger partial charge in [-0.3, -0.25) is 0 Å². The van der Waals surface area contributed by atoms with Gasteiger partial charge in [-0.15, -0.1) is 0 Å². The predicted octanol–water partition coefficient (Wildman–Crippen LogP) is 1.81. The fraction of sp³-hybridized carbons (Fsp3) is 0.500. The van der Waals surface area contributed by atoms with E-state index in [2.05, 4.69) is 22.3 Å². The SMILES string of the molecule is Cc1noc(C2CC=CC2)n1. The smallest absolute Gasteiger partial charge is 0.230 e. The Hall–Kier alpha value is -1.12. The lowest BCUT2D eigenvalue weighted by atomic mass is 10.1. The average molecular weight is 150 g/mol. The highest BCUT2D eigenvalue weighted by atomic mass is 16.5. The first-order valence-corrected chi connectivity index (χ1v) is 3.81. The van der Waals surface area contributed by atoms with Crippen molar-refractivity contribution in [2.45, 2.75) is 25.7 Å². The Kier molecular flexibility index (Phi) is 1.49. The quantitative estimate of drug-likeness (QED) is 0.573. The molecule has 1 aromatic rings. The maximum Gasteiger partial charge on any atom is 0.230 e. The minimum absolute atomic E-state index is 0.441. The lowest BCUT2D eigenvalue weighted by molar-refractivity contribution is 0.354. The maximum absolute atomic E-state index is 5.05. The van der Waals surface area contributed by atoms with Crippen LogP contribution in [0.4, 0.5) is 0 Å². The first kappa shape index (κ1) is 6.58. The van der Waals surface area contributed by atoms with Gasteiger partial charge >= 0.3 is 0 Å². The van der Waals surface area contributed by atoms with Gasteiger partial charge in [-0.05, 0) is 19.8 Å². The summed E-state index contributed by atoms with van der Waals surface area (Å²) in [5.74, 6) is 1.95. The van der Waals surface area contributed by atoms with Crippen LogP contribution in [-0.4, -0.2) is 10.1 Å². The molecule has 1 aliphatic carbocycles. The fourth-order valence-corrected chi connectivity index (χ4v) is 1.30. The van der Waals surface area contributed by atoms with E-state index in [0.717, 1.165) is 24.6 Å². The van der Waals surface area contributed by atoms with Crippen molar-refractivity contribution < 1.29 is 4.52 Å². The largest absolute Gasteiger partial charge is 0.339 e. The molecule has 0 aromatic carbocycles. The molecule has 0 radical (unpaired) electrons. The first-order chi connectivity index (χ1) is 5.36. The van der Waals surface area contributed by atoms with Gasteiger partial charge in [0.25, 0.3) is 0 Å². The molecule has 0 unspecified atom stereocenters. The minimum atomic E-state index is 0.441. The van der Waals surface area contributed by atoms with Crippen molar-refractivity contribution in [2.24, 2.45) is 0 Å². The van der Waals surface area contributed by atoms with Crippen molar-refractivity contribution >= 4 is 0 Å². The summed E-state index contributed by atoms with van der Waals surface area (Å²) < 4.78 is 5.05. The third-order valence-electron chi connectivity index (χ3n) is 1.90. The van der Waals surface area contributed by atoms with Crippen molar-refractivity contribution in [3.63, 3.8) is 0 Å². The molecule has 2 rings (SSSR count). The number of rotatable bonds is 1. The molecule has 0 amide bonds. The minimum Gasteiger partial charge on any atom is -0.339 e. The molecule has 0 aliphatic heterocycles. The second-order valence-electron chi connectivity index (χ2n) is 2.82. The first-order valence-electron chi connectivity index (χ1n) is 3.81. The van der Waals surface area contributed by atoms with Crippen LogP contribution < -0.4 is 0 Å². The summed E-state index contributed by atoms with van der Waals surface area (Å²) in [6.45, 7) is 1.84. The Morgan fingerprint density at radius 2 is 2.18 bits per heavy atom. The summed E-state index contributed by atoms with van der Waals surface area (Å²) in [4.78, 5) is 4.17. The van der Waals surface area contributed by atoms with Gasteiger partial charge in [-0.25, -0.2) is 0 Å². The van der Waals surface area contributed by atoms with Gasteiger partial charge in [0.1, 0.15) is 0 Å². The molecule has 1 heterocycles. The highest BCUT2D eigenvalue weighted by Gasteiger charge is 2.18. The van der Waals surface area contributed by atoms with Gasteiger partial charge in [0.2, 0.25) is 5.89 Å². The van der Waals surface area contributed by atoms with E-state index in [1.807, 2.05) is 6.92 Å². The van der Waals surface area contributed by atoms with Crippen LogP contribution in [-0.2, 0) is 0 Å². The molecule has 0 atom stereocenters. The van der Waals surface area contributed by atoms with E-state index in [1.54, 1.807) is 0 Å². The Balaban J connectivity index is 2.17. The lowest BCUT2D eigenvalue weighted by Gasteiger charge is -1.99. The van der Waals surface area contributed by atoms with E-state index >= 15 is 0 Å². The molecule has 1 aromatic heterocycles. The molecular weight excluding hydrogens is 140 g/mol. The van der Waals surface area contributed by atoms with E-state index in [1.165, 1.54) is 0 Å². The summed E-state index contributed by atoms with van der Waals surface area (Å²) in [7, 11) is 0. The van der Waals surface area contributed by atoms with E-state index in [4.69, 9.17) is 4.52 Å². The summed E-state index contributed by atoms with van der Waals surface area (Å²) >= 11 is 0. The molecule has 0 bridgehead atoms. The Morgan fingerprint density at radius 1 is 1.45 bits per heavy atom. The fourth-order valence-electron chi connectivity index (χ4n) is 1.30. The zero-order chi connectivity index (χ0) is 7.68. The molecular formula is C8H10N2O.